The quantitative estimate of drug-likeness (QED) is 0.755. The highest BCUT2D eigenvalue weighted by atomic mass is 127. The van der Waals surface area contributed by atoms with Crippen molar-refractivity contribution in [2.24, 2.45) is 5.73 Å². The summed E-state index contributed by atoms with van der Waals surface area (Å²) in [5, 5.41) is 4.74. The molecule has 2 amide bonds. The molecule has 0 radical (unpaired) electrons. The molecule has 0 spiro atoms. The van der Waals surface area contributed by atoms with Gasteiger partial charge in [0.2, 0.25) is 0 Å². The topological polar surface area (TPSA) is 81.4 Å². The summed E-state index contributed by atoms with van der Waals surface area (Å²) in [7, 11) is 0. The zero-order valence-corrected chi connectivity index (χ0v) is 13.2. The van der Waals surface area contributed by atoms with Crippen LogP contribution in [0.4, 0.5) is 5.00 Å². The molecule has 0 aliphatic carbocycles. The lowest BCUT2D eigenvalue weighted by atomic mass is 10.3. The number of hydrogen-bond donors (Lipinski definition) is 2. The Morgan fingerprint density at radius 3 is 2.75 bits per heavy atom. The second kappa shape index (κ2) is 6.71. The molecule has 0 fully saturated rings. The van der Waals surface area contributed by atoms with E-state index in [1.807, 2.05) is 18.2 Å². The van der Waals surface area contributed by atoms with Crippen molar-refractivity contribution in [3.8, 4) is 5.75 Å². The third-order valence-electron chi connectivity index (χ3n) is 2.38. The van der Waals surface area contributed by atoms with Gasteiger partial charge in [0, 0.05) is 0 Å². The third-order valence-corrected chi connectivity index (χ3v) is 4.10. The van der Waals surface area contributed by atoms with E-state index in [-0.39, 0.29) is 12.5 Å². The van der Waals surface area contributed by atoms with Gasteiger partial charge in [0.15, 0.2) is 6.61 Å². The molecular formula is C13H11IN2O3S. The number of hydrogen-bond acceptors (Lipinski definition) is 4. The summed E-state index contributed by atoms with van der Waals surface area (Å²) in [6, 6.07) is 8.97. The van der Waals surface area contributed by atoms with Gasteiger partial charge in [-0.15, -0.1) is 11.3 Å². The van der Waals surface area contributed by atoms with E-state index in [0.29, 0.717) is 16.3 Å². The van der Waals surface area contributed by atoms with E-state index >= 15 is 0 Å². The summed E-state index contributed by atoms with van der Waals surface area (Å²) in [6.07, 6.45) is 0. The Kier molecular flexibility index (Phi) is 4.96. The van der Waals surface area contributed by atoms with Gasteiger partial charge in [0.25, 0.3) is 11.8 Å². The molecule has 0 aliphatic heterocycles. The number of thiophene rings is 1. The molecule has 2 rings (SSSR count). The zero-order chi connectivity index (χ0) is 14.5. The predicted octanol–water partition coefficient (Wildman–Crippen LogP) is 2.47. The van der Waals surface area contributed by atoms with Crippen LogP contribution in [0.15, 0.2) is 35.7 Å². The van der Waals surface area contributed by atoms with Crippen LogP contribution in [0.3, 0.4) is 0 Å². The first-order chi connectivity index (χ1) is 9.58. The van der Waals surface area contributed by atoms with Crippen LogP contribution in [0.5, 0.6) is 5.75 Å². The van der Waals surface area contributed by atoms with Crippen LogP contribution in [0.1, 0.15) is 10.4 Å². The summed E-state index contributed by atoms with van der Waals surface area (Å²) in [6.45, 7) is -0.129. The third kappa shape index (κ3) is 3.70. The number of nitrogens with two attached hydrogens (primary N) is 1. The van der Waals surface area contributed by atoms with Crippen LogP contribution in [-0.4, -0.2) is 18.4 Å². The summed E-state index contributed by atoms with van der Waals surface area (Å²) in [5.74, 6) is -0.265. The van der Waals surface area contributed by atoms with Crippen LogP contribution in [0, 0.1) is 3.57 Å². The van der Waals surface area contributed by atoms with Crippen molar-refractivity contribution in [2.45, 2.75) is 0 Å². The molecule has 1 aromatic carbocycles. The Balaban J connectivity index is 1.95. The predicted molar refractivity (Wildman–Crippen MR) is 86.1 cm³/mol. The minimum Gasteiger partial charge on any atom is -0.483 e. The first-order valence-electron chi connectivity index (χ1n) is 5.62. The molecule has 0 atom stereocenters. The maximum Gasteiger partial charge on any atom is 0.262 e. The number of ether oxygens (including phenoxy) is 1. The van der Waals surface area contributed by atoms with E-state index < -0.39 is 5.91 Å². The van der Waals surface area contributed by atoms with Crippen molar-refractivity contribution in [2.75, 3.05) is 11.9 Å². The number of carbonyl (C=O) groups excluding carboxylic acids is 2. The standard InChI is InChI=1S/C13H11IN2O3S/c14-9-3-1-2-4-10(9)19-7-11(17)16-13-8(12(15)18)5-6-20-13/h1-6H,7H2,(H2,15,18)(H,16,17). The fourth-order valence-corrected chi connectivity index (χ4v) is 2.82. The van der Waals surface area contributed by atoms with E-state index in [1.54, 1.807) is 17.5 Å². The second-order valence-electron chi connectivity index (χ2n) is 3.79. The number of anilines is 1. The van der Waals surface area contributed by atoms with Gasteiger partial charge in [-0.1, -0.05) is 12.1 Å². The second-order valence-corrected chi connectivity index (χ2v) is 5.87. The Bertz CT molecular complexity index is 642. The molecule has 0 saturated heterocycles. The average molecular weight is 402 g/mol. The Morgan fingerprint density at radius 1 is 1.30 bits per heavy atom. The highest BCUT2D eigenvalue weighted by Gasteiger charge is 2.13. The van der Waals surface area contributed by atoms with Gasteiger partial charge in [-0.05, 0) is 46.2 Å². The number of carbonyl (C=O) groups is 2. The first-order valence-corrected chi connectivity index (χ1v) is 7.58. The van der Waals surface area contributed by atoms with Crippen molar-refractivity contribution in [1.29, 1.82) is 0 Å². The molecule has 0 saturated carbocycles. The normalized spacial score (nSPS) is 10.1. The average Bonchev–Trinajstić information content (AvgIpc) is 2.86. The van der Waals surface area contributed by atoms with Crippen molar-refractivity contribution in [3.63, 3.8) is 0 Å². The number of nitrogens with one attached hydrogen (secondary N) is 1. The number of halogens is 1. The summed E-state index contributed by atoms with van der Waals surface area (Å²) < 4.78 is 6.34. The van der Waals surface area contributed by atoms with Crippen LogP contribution in [0.2, 0.25) is 0 Å². The van der Waals surface area contributed by atoms with Crippen LogP contribution in [-0.2, 0) is 4.79 Å². The number of rotatable bonds is 5. The molecule has 0 aliphatic rings. The SMILES string of the molecule is NC(=O)c1ccsc1NC(=O)COc1ccccc1I. The van der Waals surface area contributed by atoms with E-state index in [2.05, 4.69) is 27.9 Å². The van der Waals surface area contributed by atoms with Crippen molar-refractivity contribution < 1.29 is 14.3 Å². The Labute approximate surface area is 133 Å². The molecule has 1 heterocycles. The highest BCUT2D eigenvalue weighted by molar-refractivity contribution is 14.1. The van der Waals surface area contributed by atoms with Crippen molar-refractivity contribution >= 4 is 50.7 Å². The minimum absolute atomic E-state index is 0.129. The van der Waals surface area contributed by atoms with Gasteiger partial charge in [-0.2, -0.15) is 0 Å². The highest BCUT2D eigenvalue weighted by Crippen LogP contribution is 2.23. The lowest BCUT2D eigenvalue weighted by Gasteiger charge is -2.08. The van der Waals surface area contributed by atoms with E-state index in [1.165, 1.54) is 11.3 Å². The molecule has 3 N–H and O–H groups in total. The lowest BCUT2D eigenvalue weighted by Crippen LogP contribution is -2.22. The first kappa shape index (κ1) is 14.8. The van der Waals surface area contributed by atoms with Crippen LogP contribution < -0.4 is 15.8 Å². The van der Waals surface area contributed by atoms with Gasteiger partial charge in [0.1, 0.15) is 10.8 Å². The van der Waals surface area contributed by atoms with Crippen molar-refractivity contribution in [1.82, 2.24) is 0 Å². The molecule has 20 heavy (non-hydrogen) atoms. The van der Waals surface area contributed by atoms with Gasteiger partial charge in [0.05, 0.1) is 9.13 Å². The molecule has 0 bridgehead atoms. The molecule has 7 heteroatoms. The van der Waals surface area contributed by atoms with Crippen LogP contribution in [0.25, 0.3) is 0 Å². The van der Waals surface area contributed by atoms with Gasteiger partial charge >= 0.3 is 0 Å². The molecule has 2 aromatic rings. The largest absolute Gasteiger partial charge is 0.483 e. The molecule has 104 valence electrons. The fraction of sp³-hybridized carbons (Fsp3) is 0.0769. The van der Waals surface area contributed by atoms with Crippen molar-refractivity contribution in [3.05, 3.63) is 44.8 Å². The van der Waals surface area contributed by atoms with Gasteiger partial charge < -0.3 is 15.8 Å². The zero-order valence-electron chi connectivity index (χ0n) is 10.3. The monoisotopic (exact) mass is 402 g/mol. The lowest BCUT2D eigenvalue weighted by molar-refractivity contribution is -0.118. The van der Waals surface area contributed by atoms with E-state index in [4.69, 9.17) is 10.5 Å². The Morgan fingerprint density at radius 2 is 2.05 bits per heavy atom. The minimum atomic E-state index is -0.569. The summed E-state index contributed by atoms with van der Waals surface area (Å²) >= 11 is 3.37. The number of benzene rings is 1. The maximum atomic E-state index is 11.8. The number of para-hydroxylation sites is 1. The van der Waals surface area contributed by atoms with E-state index in [9.17, 15) is 9.59 Å². The maximum absolute atomic E-state index is 11.8. The van der Waals surface area contributed by atoms with Gasteiger partial charge in [-0.3, -0.25) is 9.59 Å². The smallest absolute Gasteiger partial charge is 0.262 e. The molecule has 1 aromatic heterocycles. The molecule has 0 unspecified atom stereocenters. The number of primary amides is 1. The fourth-order valence-electron chi connectivity index (χ4n) is 1.47. The van der Waals surface area contributed by atoms with E-state index in [0.717, 1.165) is 3.57 Å². The number of amides is 2. The molecule has 5 nitrogen and oxygen atoms in total. The summed E-state index contributed by atoms with van der Waals surface area (Å²) in [5.41, 5.74) is 5.51. The van der Waals surface area contributed by atoms with Gasteiger partial charge in [-0.25, -0.2) is 0 Å². The molecular weight excluding hydrogens is 391 g/mol. The Hall–Kier alpha value is -1.61. The van der Waals surface area contributed by atoms with Crippen LogP contribution >= 0.6 is 33.9 Å². The summed E-state index contributed by atoms with van der Waals surface area (Å²) in [4.78, 5) is 22.9.